The number of carbonyl (C=O) groups is 1. The third-order valence-electron chi connectivity index (χ3n) is 2.41. The number of nitrogens with zero attached hydrogens (tertiary/aromatic N) is 3. The molecule has 0 aliphatic carbocycles. The Morgan fingerprint density at radius 1 is 1.39 bits per heavy atom. The molecular formula is C12H10ClN3O2. The maximum atomic E-state index is 11.8. The number of hydrogen-bond donors (Lipinski definition) is 0. The van der Waals surface area contributed by atoms with E-state index in [9.17, 15) is 9.59 Å². The molecule has 2 aromatic rings. The van der Waals surface area contributed by atoms with Crippen LogP contribution < -0.4 is 5.56 Å². The molecule has 0 aliphatic heterocycles. The van der Waals surface area contributed by atoms with Gasteiger partial charge in [-0.3, -0.25) is 14.6 Å². The van der Waals surface area contributed by atoms with E-state index in [1.165, 1.54) is 10.7 Å². The molecule has 2 rings (SSSR count). The lowest BCUT2D eigenvalue weighted by Gasteiger charge is -2.06. The summed E-state index contributed by atoms with van der Waals surface area (Å²) < 4.78 is 1.19. The summed E-state index contributed by atoms with van der Waals surface area (Å²) in [7, 11) is 0. The number of pyridine rings is 1. The molecule has 0 spiro atoms. The van der Waals surface area contributed by atoms with Gasteiger partial charge in [-0.05, 0) is 36.7 Å². The molecule has 18 heavy (non-hydrogen) atoms. The van der Waals surface area contributed by atoms with Crippen LogP contribution in [0.25, 0.3) is 11.4 Å². The van der Waals surface area contributed by atoms with E-state index in [1.807, 2.05) is 0 Å². The fraction of sp³-hybridized carbons (Fsp3) is 0.167. The number of aromatic nitrogens is 3. The van der Waals surface area contributed by atoms with Crippen molar-refractivity contribution < 1.29 is 4.79 Å². The van der Waals surface area contributed by atoms with E-state index in [1.54, 1.807) is 31.3 Å². The topological polar surface area (TPSA) is 64.8 Å². The quantitative estimate of drug-likeness (QED) is 0.791. The van der Waals surface area contributed by atoms with Crippen molar-refractivity contribution in [2.45, 2.75) is 13.5 Å². The van der Waals surface area contributed by atoms with Crippen LogP contribution in [0.3, 0.4) is 0 Å². The van der Waals surface area contributed by atoms with Crippen molar-refractivity contribution >= 4 is 16.8 Å². The molecule has 2 heterocycles. The predicted molar refractivity (Wildman–Crippen MR) is 67.6 cm³/mol. The molecule has 5 nitrogen and oxygen atoms in total. The zero-order chi connectivity index (χ0) is 13.1. The highest BCUT2D eigenvalue weighted by molar-refractivity contribution is 6.67. The normalized spacial score (nSPS) is 10.3. The fourth-order valence-electron chi connectivity index (χ4n) is 1.54. The van der Waals surface area contributed by atoms with Gasteiger partial charge in [-0.15, -0.1) is 0 Å². The predicted octanol–water partition coefficient (Wildman–Crippen LogP) is 1.70. The second-order valence-electron chi connectivity index (χ2n) is 3.55. The SMILES string of the molecule is CCn1nc(-c2ccccn2)cc(C(=O)Cl)c1=O. The number of rotatable bonds is 3. The van der Waals surface area contributed by atoms with Crippen molar-refractivity contribution in [2.24, 2.45) is 0 Å². The molecule has 0 N–H and O–H groups in total. The molecule has 0 saturated carbocycles. The van der Waals surface area contributed by atoms with Crippen LogP contribution in [0.1, 0.15) is 17.3 Å². The number of carbonyl (C=O) groups excluding carboxylic acids is 1. The summed E-state index contributed by atoms with van der Waals surface area (Å²) in [4.78, 5) is 27.1. The molecule has 0 saturated heterocycles. The van der Waals surface area contributed by atoms with Crippen LogP contribution in [0.5, 0.6) is 0 Å². The summed E-state index contributed by atoms with van der Waals surface area (Å²) in [5.41, 5.74) is 0.450. The van der Waals surface area contributed by atoms with Gasteiger partial charge in [-0.2, -0.15) is 5.10 Å². The van der Waals surface area contributed by atoms with E-state index in [-0.39, 0.29) is 5.56 Å². The second-order valence-corrected chi connectivity index (χ2v) is 3.90. The standard InChI is InChI=1S/C12H10ClN3O2/c1-2-16-12(18)8(11(13)17)7-10(15-16)9-5-3-4-6-14-9/h3-7H,2H2,1H3. The summed E-state index contributed by atoms with van der Waals surface area (Å²) >= 11 is 5.40. The maximum Gasteiger partial charge on any atom is 0.278 e. The molecule has 0 amide bonds. The average molecular weight is 264 g/mol. The summed E-state index contributed by atoms with van der Waals surface area (Å²) in [6.07, 6.45) is 1.61. The van der Waals surface area contributed by atoms with Crippen LogP contribution >= 0.6 is 11.6 Å². The van der Waals surface area contributed by atoms with Gasteiger partial charge in [0.2, 0.25) is 0 Å². The molecule has 0 unspecified atom stereocenters. The Kier molecular flexibility index (Phi) is 3.53. The third-order valence-corrected chi connectivity index (χ3v) is 2.62. The molecular weight excluding hydrogens is 254 g/mol. The maximum absolute atomic E-state index is 11.8. The molecule has 0 radical (unpaired) electrons. The highest BCUT2D eigenvalue weighted by Gasteiger charge is 2.14. The van der Waals surface area contributed by atoms with Crippen molar-refractivity contribution in [3.8, 4) is 11.4 Å². The number of hydrogen-bond acceptors (Lipinski definition) is 4. The van der Waals surface area contributed by atoms with Gasteiger partial charge >= 0.3 is 0 Å². The first-order valence-electron chi connectivity index (χ1n) is 5.37. The van der Waals surface area contributed by atoms with Crippen molar-refractivity contribution in [3.05, 3.63) is 46.4 Å². The molecule has 0 bridgehead atoms. The van der Waals surface area contributed by atoms with Gasteiger partial charge < -0.3 is 0 Å². The van der Waals surface area contributed by atoms with E-state index in [0.29, 0.717) is 17.9 Å². The van der Waals surface area contributed by atoms with Gasteiger partial charge in [-0.1, -0.05) is 6.07 Å². The van der Waals surface area contributed by atoms with E-state index in [0.717, 1.165) is 0 Å². The molecule has 0 fully saturated rings. The van der Waals surface area contributed by atoms with Crippen LogP contribution in [-0.4, -0.2) is 20.0 Å². The van der Waals surface area contributed by atoms with E-state index in [4.69, 9.17) is 11.6 Å². The lowest BCUT2D eigenvalue weighted by atomic mass is 10.2. The lowest BCUT2D eigenvalue weighted by Crippen LogP contribution is -2.27. The monoisotopic (exact) mass is 263 g/mol. The molecule has 0 aromatic carbocycles. The van der Waals surface area contributed by atoms with Gasteiger partial charge in [0, 0.05) is 12.7 Å². The van der Waals surface area contributed by atoms with Crippen molar-refractivity contribution in [2.75, 3.05) is 0 Å². The Morgan fingerprint density at radius 2 is 2.17 bits per heavy atom. The molecule has 2 aromatic heterocycles. The van der Waals surface area contributed by atoms with Gasteiger partial charge in [0.1, 0.15) is 11.3 Å². The number of halogens is 1. The second kappa shape index (κ2) is 5.10. The Labute approximate surface area is 108 Å². The van der Waals surface area contributed by atoms with Crippen LogP contribution in [0.2, 0.25) is 0 Å². The molecule has 92 valence electrons. The first-order valence-corrected chi connectivity index (χ1v) is 5.74. The first kappa shape index (κ1) is 12.4. The van der Waals surface area contributed by atoms with Gasteiger partial charge in [0.25, 0.3) is 10.8 Å². The zero-order valence-corrected chi connectivity index (χ0v) is 10.4. The Balaban J connectivity index is 2.67. The minimum Gasteiger partial charge on any atom is -0.275 e. The molecule has 6 heteroatoms. The Bertz CT molecular complexity index is 638. The molecule has 0 atom stereocenters. The largest absolute Gasteiger partial charge is 0.278 e. The Morgan fingerprint density at radius 3 is 2.72 bits per heavy atom. The van der Waals surface area contributed by atoms with Gasteiger partial charge in [-0.25, -0.2) is 4.68 Å². The first-order chi connectivity index (χ1) is 8.63. The van der Waals surface area contributed by atoms with Crippen LogP contribution in [0.4, 0.5) is 0 Å². The molecule has 0 aliphatic rings. The Hall–Kier alpha value is -2.01. The number of aryl methyl sites for hydroxylation is 1. The highest BCUT2D eigenvalue weighted by atomic mass is 35.5. The minimum atomic E-state index is -0.790. The average Bonchev–Trinajstić information content (AvgIpc) is 2.39. The summed E-state index contributed by atoms with van der Waals surface area (Å²) in [6, 6.07) is 6.68. The van der Waals surface area contributed by atoms with Crippen LogP contribution in [-0.2, 0) is 6.54 Å². The van der Waals surface area contributed by atoms with Crippen molar-refractivity contribution in [3.63, 3.8) is 0 Å². The highest BCUT2D eigenvalue weighted by Crippen LogP contribution is 2.13. The summed E-state index contributed by atoms with van der Waals surface area (Å²) in [5.74, 6) is 0. The van der Waals surface area contributed by atoms with Crippen LogP contribution in [0, 0.1) is 0 Å². The smallest absolute Gasteiger partial charge is 0.275 e. The van der Waals surface area contributed by atoms with E-state index in [2.05, 4.69) is 10.1 Å². The lowest BCUT2D eigenvalue weighted by molar-refractivity contribution is 0.107. The van der Waals surface area contributed by atoms with Gasteiger partial charge in [0.05, 0.1) is 5.69 Å². The van der Waals surface area contributed by atoms with Crippen LogP contribution in [0.15, 0.2) is 35.3 Å². The fourth-order valence-corrected chi connectivity index (χ4v) is 1.67. The minimum absolute atomic E-state index is 0.0887. The summed E-state index contributed by atoms with van der Waals surface area (Å²) in [5, 5.41) is 3.34. The van der Waals surface area contributed by atoms with Crippen molar-refractivity contribution in [1.29, 1.82) is 0 Å². The van der Waals surface area contributed by atoms with Gasteiger partial charge in [0.15, 0.2) is 0 Å². The zero-order valence-electron chi connectivity index (χ0n) is 9.63. The summed E-state index contributed by atoms with van der Waals surface area (Å²) in [6.45, 7) is 2.12. The third kappa shape index (κ3) is 2.31. The van der Waals surface area contributed by atoms with E-state index >= 15 is 0 Å². The van der Waals surface area contributed by atoms with E-state index < -0.39 is 10.8 Å². The van der Waals surface area contributed by atoms with Crippen molar-refractivity contribution in [1.82, 2.24) is 14.8 Å².